The number of nitrogens with zero attached hydrogens (tertiary/aromatic N) is 1. The van der Waals surface area contributed by atoms with Gasteiger partial charge < -0.3 is 4.74 Å². The minimum atomic E-state index is -4.51. The number of hydrogen-bond acceptors (Lipinski definition) is 2. The van der Waals surface area contributed by atoms with Gasteiger partial charge in [0.25, 0.3) is 0 Å². The van der Waals surface area contributed by atoms with Gasteiger partial charge in [0, 0.05) is 17.8 Å². The van der Waals surface area contributed by atoms with E-state index < -0.39 is 18.4 Å². The number of aromatic nitrogens is 1. The summed E-state index contributed by atoms with van der Waals surface area (Å²) in [4.78, 5) is 3.55. The van der Waals surface area contributed by atoms with Gasteiger partial charge in [-0.05, 0) is 17.7 Å². The third-order valence-electron chi connectivity index (χ3n) is 2.49. The van der Waals surface area contributed by atoms with Gasteiger partial charge in [-0.3, -0.25) is 0 Å². The number of benzene rings is 1. The van der Waals surface area contributed by atoms with Crippen molar-refractivity contribution in [1.82, 2.24) is 4.98 Å². The highest BCUT2D eigenvalue weighted by atomic mass is 19.4. The number of alkyl halides is 5. The summed E-state index contributed by atoms with van der Waals surface area (Å²) in [5, 5.41) is 0. The predicted octanol–water partition coefficient (Wildman–Crippen LogP) is 4.37. The standard InChI is InChI=1S/C13H8F5NO/c14-12(15)20-11-6-5-8(7-19-11)9-3-1-2-4-10(9)13(16,17)18/h1-7,12H. The summed E-state index contributed by atoms with van der Waals surface area (Å²) in [7, 11) is 0. The van der Waals surface area contributed by atoms with Crippen LogP contribution in [0.2, 0.25) is 0 Å². The van der Waals surface area contributed by atoms with E-state index in [1.165, 1.54) is 24.3 Å². The molecular weight excluding hydrogens is 281 g/mol. The minimum absolute atomic E-state index is 0.0731. The van der Waals surface area contributed by atoms with E-state index in [9.17, 15) is 22.0 Å². The molecule has 0 aliphatic carbocycles. The summed E-state index contributed by atoms with van der Waals surface area (Å²) < 4.78 is 66.5. The molecule has 2 nitrogen and oxygen atoms in total. The summed E-state index contributed by atoms with van der Waals surface area (Å²) in [6.07, 6.45) is -3.45. The zero-order valence-corrected chi connectivity index (χ0v) is 9.86. The molecule has 0 bridgehead atoms. The van der Waals surface area contributed by atoms with Crippen molar-refractivity contribution in [2.45, 2.75) is 12.8 Å². The third-order valence-corrected chi connectivity index (χ3v) is 2.49. The molecule has 0 N–H and O–H groups in total. The van der Waals surface area contributed by atoms with Crippen molar-refractivity contribution in [1.29, 1.82) is 0 Å². The summed E-state index contributed by atoms with van der Waals surface area (Å²) in [5.74, 6) is -0.353. The first kappa shape index (κ1) is 14.2. The van der Waals surface area contributed by atoms with Crippen LogP contribution >= 0.6 is 0 Å². The van der Waals surface area contributed by atoms with E-state index in [0.29, 0.717) is 0 Å². The zero-order valence-electron chi connectivity index (χ0n) is 9.86. The van der Waals surface area contributed by atoms with E-state index in [2.05, 4.69) is 9.72 Å². The number of ether oxygens (including phenoxy) is 1. The maximum absolute atomic E-state index is 12.8. The number of pyridine rings is 1. The van der Waals surface area contributed by atoms with Crippen molar-refractivity contribution in [2.24, 2.45) is 0 Å². The van der Waals surface area contributed by atoms with Gasteiger partial charge in [-0.2, -0.15) is 22.0 Å². The summed E-state index contributed by atoms with van der Waals surface area (Å²) >= 11 is 0. The smallest absolute Gasteiger partial charge is 0.417 e. The highest BCUT2D eigenvalue weighted by molar-refractivity contribution is 5.67. The molecule has 1 aromatic heterocycles. The largest absolute Gasteiger partial charge is 0.417 e. The predicted molar refractivity (Wildman–Crippen MR) is 61.3 cm³/mol. The molecule has 106 valence electrons. The molecule has 0 spiro atoms. The molecule has 0 saturated heterocycles. The summed E-state index contributed by atoms with van der Waals surface area (Å²) in [5.41, 5.74) is -0.722. The van der Waals surface area contributed by atoms with Crippen LogP contribution in [0.25, 0.3) is 11.1 Å². The van der Waals surface area contributed by atoms with Crippen molar-refractivity contribution in [3.63, 3.8) is 0 Å². The van der Waals surface area contributed by atoms with Crippen LogP contribution in [-0.4, -0.2) is 11.6 Å². The third kappa shape index (κ3) is 3.23. The van der Waals surface area contributed by atoms with Crippen LogP contribution in [-0.2, 0) is 6.18 Å². The molecule has 1 heterocycles. The number of halogens is 5. The van der Waals surface area contributed by atoms with Gasteiger partial charge in [-0.15, -0.1) is 0 Å². The number of rotatable bonds is 3. The van der Waals surface area contributed by atoms with Gasteiger partial charge in [0.05, 0.1) is 5.56 Å². The molecule has 2 rings (SSSR count). The lowest BCUT2D eigenvalue weighted by atomic mass is 10.0. The maximum Gasteiger partial charge on any atom is 0.417 e. The second kappa shape index (κ2) is 5.44. The van der Waals surface area contributed by atoms with Crippen LogP contribution in [0.5, 0.6) is 5.88 Å². The molecule has 0 amide bonds. The Morgan fingerprint density at radius 2 is 1.70 bits per heavy atom. The average Bonchev–Trinajstić information content (AvgIpc) is 2.38. The molecule has 0 fully saturated rings. The Hall–Kier alpha value is -2.18. The molecule has 0 unspecified atom stereocenters. The number of hydrogen-bond donors (Lipinski definition) is 0. The first-order chi connectivity index (χ1) is 9.38. The minimum Gasteiger partial charge on any atom is -0.417 e. The molecule has 0 saturated carbocycles. The normalized spacial score (nSPS) is 11.7. The van der Waals surface area contributed by atoms with Crippen LogP contribution in [0.15, 0.2) is 42.6 Å². The van der Waals surface area contributed by atoms with Crippen LogP contribution < -0.4 is 4.74 Å². The first-order valence-electron chi connectivity index (χ1n) is 5.45. The fourth-order valence-electron chi connectivity index (χ4n) is 1.68. The van der Waals surface area contributed by atoms with Crippen LogP contribution in [0.4, 0.5) is 22.0 Å². The van der Waals surface area contributed by atoms with Crippen molar-refractivity contribution in [3.8, 4) is 17.0 Å². The lowest BCUT2D eigenvalue weighted by Gasteiger charge is -2.12. The SMILES string of the molecule is FC(F)Oc1ccc(-c2ccccc2C(F)(F)F)cn1. The molecule has 0 radical (unpaired) electrons. The Labute approximate surface area is 110 Å². The molecule has 0 atom stereocenters. The van der Waals surface area contributed by atoms with Gasteiger partial charge >= 0.3 is 12.8 Å². The second-order valence-corrected chi connectivity index (χ2v) is 3.81. The van der Waals surface area contributed by atoms with Crippen LogP contribution in [0.3, 0.4) is 0 Å². The van der Waals surface area contributed by atoms with Crippen molar-refractivity contribution >= 4 is 0 Å². The van der Waals surface area contributed by atoms with E-state index in [1.54, 1.807) is 0 Å². The summed E-state index contributed by atoms with van der Waals surface area (Å²) in [6, 6.07) is 7.29. The Kier molecular flexibility index (Phi) is 3.87. The Bertz CT molecular complexity index is 580. The fourth-order valence-corrected chi connectivity index (χ4v) is 1.68. The highest BCUT2D eigenvalue weighted by Crippen LogP contribution is 2.36. The Balaban J connectivity index is 2.37. The van der Waals surface area contributed by atoms with E-state index in [0.717, 1.165) is 18.3 Å². The maximum atomic E-state index is 12.8. The molecule has 0 aliphatic rings. The molecule has 0 aliphatic heterocycles. The Morgan fingerprint density at radius 1 is 1.00 bits per heavy atom. The van der Waals surface area contributed by atoms with Crippen molar-refractivity contribution in [2.75, 3.05) is 0 Å². The van der Waals surface area contributed by atoms with E-state index in [1.807, 2.05) is 0 Å². The highest BCUT2D eigenvalue weighted by Gasteiger charge is 2.33. The molecule has 20 heavy (non-hydrogen) atoms. The quantitative estimate of drug-likeness (QED) is 0.783. The molecular formula is C13H8F5NO. The zero-order chi connectivity index (χ0) is 14.8. The Morgan fingerprint density at radius 3 is 2.25 bits per heavy atom. The summed E-state index contributed by atoms with van der Waals surface area (Å²) in [6.45, 7) is -3.03. The monoisotopic (exact) mass is 289 g/mol. The fraction of sp³-hybridized carbons (Fsp3) is 0.154. The van der Waals surface area contributed by atoms with E-state index in [4.69, 9.17) is 0 Å². The average molecular weight is 289 g/mol. The molecule has 7 heteroatoms. The van der Waals surface area contributed by atoms with Gasteiger partial charge in [-0.1, -0.05) is 18.2 Å². The lowest BCUT2D eigenvalue weighted by Crippen LogP contribution is -2.07. The van der Waals surface area contributed by atoms with Crippen molar-refractivity contribution < 1.29 is 26.7 Å². The molecule has 1 aromatic carbocycles. The first-order valence-corrected chi connectivity index (χ1v) is 5.45. The molecule has 2 aromatic rings. The topological polar surface area (TPSA) is 22.1 Å². The second-order valence-electron chi connectivity index (χ2n) is 3.81. The van der Waals surface area contributed by atoms with Crippen LogP contribution in [0.1, 0.15) is 5.56 Å². The van der Waals surface area contributed by atoms with E-state index >= 15 is 0 Å². The van der Waals surface area contributed by atoms with Gasteiger partial charge in [-0.25, -0.2) is 4.98 Å². The van der Waals surface area contributed by atoms with E-state index in [-0.39, 0.29) is 17.0 Å². The van der Waals surface area contributed by atoms with Gasteiger partial charge in [0.1, 0.15) is 0 Å². The lowest BCUT2D eigenvalue weighted by molar-refractivity contribution is -0.137. The van der Waals surface area contributed by atoms with Gasteiger partial charge in [0.2, 0.25) is 5.88 Å². The van der Waals surface area contributed by atoms with Crippen LogP contribution in [0, 0.1) is 0 Å². The van der Waals surface area contributed by atoms with Crippen molar-refractivity contribution in [3.05, 3.63) is 48.2 Å². The van der Waals surface area contributed by atoms with Gasteiger partial charge in [0.15, 0.2) is 0 Å².